The average molecular weight is 415 g/mol. The number of carbonyl (C=O) groups is 3. The second-order valence-corrected chi connectivity index (χ2v) is 6.82. The van der Waals surface area contributed by atoms with Crippen molar-refractivity contribution in [3.63, 3.8) is 0 Å². The van der Waals surface area contributed by atoms with Gasteiger partial charge in [0.2, 0.25) is 5.95 Å². The van der Waals surface area contributed by atoms with E-state index in [0.29, 0.717) is 55.4 Å². The van der Waals surface area contributed by atoms with Gasteiger partial charge in [0.15, 0.2) is 6.61 Å². The van der Waals surface area contributed by atoms with E-state index in [0.717, 1.165) is 0 Å². The molecular weight excluding hydrogens is 390 g/mol. The SMILES string of the molecule is CCc1[nH]c(C(=O)OCC(=O)N2CCN(c3ncccn3)CC2)c(C)c1C(=O)OC. The number of methoxy groups -OCH3 is 1. The van der Waals surface area contributed by atoms with Crippen LogP contribution in [-0.4, -0.2) is 77.6 Å². The molecule has 0 unspecified atom stereocenters. The Morgan fingerprint density at radius 2 is 1.77 bits per heavy atom. The maximum atomic E-state index is 12.5. The number of ether oxygens (including phenoxy) is 2. The first kappa shape index (κ1) is 21.3. The van der Waals surface area contributed by atoms with Gasteiger partial charge in [-0.15, -0.1) is 0 Å². The molecule has 30 heavy (non-hydrogen) atoms. The van der Waals surface area contributed by atoms with E-state index < -0.39 is 11.9 Å². The van der Waals surface area contributed by atoms with E-state index >= 15 is 0 Å². The molecular formula is C20H25N5O5. The molecule has 10 nitrogen and oxygen atoms in total. The average Bonchev–Trinajstić information content (AvgIpc) is 3.13. The molecule has 1 aliphatic heterocycles. The summed E-state index contributed by atoms with van der Waals surface area (Å²) < 4.78 is 10.00. The maximum Gasteiger partial charge on any atom is 0.355 e. The largest absolute Gasteiger partial charge is 0.465 e. The molecule has 1 saturated heterocycles. The number of nitrogens with zero attached hydrogens (tertiary/aromatic N) is 4. The van der Waals surface area contributed by atoms with Gasteiger partial charge in [0, 0.05) is 44.3 Å². The van der Waals surface area contributed by atoms with E-state index in [1.807, 2.05) is 11.8 Å². The normalized spacial score (nSPS) is 13.8. The molecule has 0 spiro atoms. The van der Waals surface area contributed by atoms with Crippen LogP contribution >= 0.6 is 0 Å². The summed E-state index contributed by atoms with van der Waals surface area (Å²) in [4.78, 5) is 51.9. The van der Waals surface area contributed by atoms with Gasteiger partial charge >= 0.3 is 11.9 Å². The Labute approximate surface area is 174 Å². The minimum atomic E-state index is -0.679. The first-order valence-corrected chi connectivity index (χ1v) is 9.72. The number of aromatic amines is 1. The third-order valence-corrected chi connectivity index (χ3v) is 5.07. The van der Waals surface area contributed by atoms with Crippen LogP contribution in [0.2, 0.25) is 0 Å². The van der Waals surface area contributed by atoms with Crippen molar-refractivity contribution >= 4 is 23.8 Å². The highest BCUT2D eigenvalue weighted by Crippen LogP contribution is 2.21. The lowest BCUT2D eigenvalue weighted by Crippen LogP contribution is -2.50. The molecule has 0 aliphatic carbocycles. The van der Waals surface area contributed by atoms with Gasteiger partial charge in [0.25, 0.3) is 5.91 Å². The Kier molecular flexibility index (Phi) is 6.65. The highest BCUT2D eigenvalue weighted by molar-refractivity contribution is 5.99. The second kappa shape index (κ2) is 9.38. The molecule has 1 amide bonds. The molecule has 0 saturated carbocycles. The van der Waals surface area contributed by atoms with Crippen LogP contribution in [0.15, 0.2) is 18.5 Å². The first-order chi connectivity index (χ1) is 14.5. The summed E-state index contributed by atoms with van der Waals surface area (Å²) in [7, 11) is 1.29. The molecule has 1 aliphatic rings. The highest BCUT2D eigenvalue weighted by Gasteiger charge is 2.27. The van der Waals surface area contributed by atoms with Crippen LogP contribution in [0, 0.1) is 6.92 Å². The zero-order chi connectivity index (χ0) is 21.7. The first-order valence-electron chi connectivity index (χ1n) is 9.72. The summed E-state index contributed by atoms with van der Waals surface area (Å²) in [6.45, 7) is 5.31. The van der Waals surface area contributed by atoms with Crippen molar-refractivity contribution in [1.29, 1.82) is 0 Å². The summed E-state index contributed by atoms with van der Waals surface area (Å²) in [5, 5.41) is 0. The van der Waals surface area contributed by atoms with Crippen molar-refractivity contribution in [2.45, 2.75) is 20.3 Å². The lowest BCUT2D eigenvalue weighted by molar-refractivity contribution is -0.134. The van der Waals surface area contributed by atoms with Crippen molar-refractivity contribution < 1.29 is 23.9 Å². The van der Waals surface area contributed by atoms with Crippen molar-refractivity contribution in [1.82, 2.24) is 19.9 Å². The van der Waals surface area contributed by atoms with E-state index in [1.165, 1.54) is 7.11 Å². The number of amides is 1. The molecule has 0 bridgehead atoms. The monoisotopic (exact) mass is 415 g/mol. The molecule has 2 aromatic heterocycles. The van der Waals surface area contributed by atoms with Crippen molar-refractivity contribution in [2.75, 3.05) is 44.8 Å². The number of hydrogen-bond acceptors (Lipinski definition) is 8. The summed E-state index contributed by atoms with van der Waals surface area (Å²) in [5.74, 6) is -0.838. The van der Waals surface area contributed by atoms with Gasteiger partial charge in [-0.1, -0.05) is 6.92 Å². The Balaban J connectivity index is 1.56. The third-order valence-electron chi connectivity index (χ3n) is 5.07. The van der Waals surface area contributed by atoms with Crippen molar-refractivity contribution in [3.8, 4) is 0 Å². The van der Waals surface area contributed by atoms with Crippen LogP contribution < -0.4 is 4.90 Å². The van der Waals surface area contributed by atoms with Gasteiger partial charge in [-0.3, -0.25) is 4.79 Å². The van der Waals surface area contributed by atoms with E-state index in [1.54, 1.807) is 30.3 Å². The van der Waals surface area contributed by atoms with Gasteiger partial charge in [-0.25, -0.2) is 19.6 Å². The summed E-state index contributed by atoms with van der Waals surface area (Å²) in [6.07, 6.45) is 3.88. The number of hydrogen-bond donors (Lipinski definition) is 1. The standard InChI is InChI=1S/C20H25N5O5/c1-4-14-16(18(27)29-3)13(2)17(23-14)19(28)30-12-15(26)24-8-10-25(11-9-24)20-21-6-5-7-22-20/h5-7,23H,4,8-12H2,1-3H3. The quantitative estimate of drug-likeness (QED) is 0.694. The second-order valence-electron chi connectivity index (χ2n) is 6.82. The number of aryl methyl sites for hydroxylation is 1. The lowest BCUT2D eigenvalue weighted by atomic mass is 10.1. The van der Waals surface area contributed by atoms with Gasteiger partial charge < -0.3 is 24.3 Å². The Morgan fingerprint density at radius 1 is 1.10 bits per heavy atom. The fourth-order valence-electron chi connectivity index (χ4n) is 3.41. The van der Waals surface area contributed by atoms with E-state index in [-0.39, 0.29) is 18.2 Å². The number of esters is 2. The van der Waals surface area contributed by atoms with E-state index in [9.17, 15) is 14.4 Å². The molecule has 0 radical (unpaired) electrons. The van der Waals surface area contributed by atoms with Crippen molar-refractivity contribution in [2.24, 2.45) is 0 Å². The molecule has 1 fully saturated rings. The number of piperazine rings is 1. The zero-order valence-corrected chi connectivity index (χ0v) is 17.3. The van der Waals surface area contributed by atoms with Crippen LogP contribution in [0.25, 0.3) is 0 Å². The summed E-state index contributed by atoms with van der Waals surface area (Å²) >= 11 is 0. The number of carbonyl (C=O) groups excluding carboxylic acids is 3. The maximum absolute atomic E-state index is 12.5. The smallest absolute Gasteiger partial charge is 0.355 e. The Bertz CT molecular complexity index is 919. The van der Waals surface area contributed by atoms with Crippen LogP contribution in [0.3, 0.4) is 0 Å². The van der Waals surface area contributed by atoms with Crippen LogP contribution in [-0.2, 0) is 20.7 Å². The number of aromatic nitrogens is 3. The number of nitrogens with one attached hydrogen (secondary N) is 1. The van der Waals surface area contributed by atoms with Crippen LogP contribution in [0.4, 0.5) is 5.95 Å². The lowest BCUT2D eigenvalue weighted by Gasteiger charge is -2.34. The predicted molar refractivity (Wildman–Crippen MR) is 107 cm³/mol. The highest BCUT2D eigenvalue weighted by atomic mass is 16.5. The Morgan fingerprint density at radius 3 is 2.37 bits per heavy atom. The fourth-order valence-corrected chi connectivity index (χ4v) is 3.41. The van der Waals surface area contributed by atoms with Gasteiger partial charge in [0.1, 0.15) is 5.69 Å². The van der Waals surface area contributed by atoms with E-state index in [2.05, 4.69) is 15.0 Å². The number of rotatable bonds is 6. The molecule has 160 valence electrons. The molecule has 3 rings (SSSR count). The topological polar surface area (TPSA) is 118 Å². The third kappa shape index (κ3) is 4.42. The van der Waals surface area contributed by atoms with Gasteiger partial charge in [0.05, 0.1) is 12.7 Å². The van der Waals surface area contributed by atoms with E-state index in [4.69, 9.17) is 9.47 Å². The molecule has 10 heteroatoms. The number of H-pyrrole nitrogens is 1. The molecule has 1 N–H and O–H groups in total. The fraction of sp³-hybridized carbons (Fsp3) is 0.450. The Hall–Kier alpha value is -3.43. The van der Waals surface area contributed by atoms with Crippen LogP contribution in [0.5, 0.6) is 0 Å². The van der Waals surface area contributed by atoms with Crippen LogP contribution in [0.1, 0.15) is 39.0 Å². The van der Waals surface area contributed by atoms with Gasteiger partial charge in [-0.05, 0) is 25.0 Å². The number of anilines is 1. The molecule has 3 heterocycles. The van der Waals surface area contributed by atoms with Gasteiger partial charge in [-0.2, -0.15) is 0 Å². The molecule has 2 aromatic rings. The summed E-state index contributed by atoms with van der Waals surface area (Å²) in [6, 6.07) is 1.75. The minimum Gasteiger partial charge on any atom is -0.465 e. The summed E-state index contributed by atoms with van der Waals surface area (Å²) in [5.41, 5.74) is 1.54. The molecule has 0 atom stereocenters. The van der Waals surface area contributed by atoms with Crippen molar-refractivity contribution in [3.05, 3.63) is 41.0 Å². The zero-order valence-electron chi connectivity index (χ0n) is 17.3. The molecule has 0 aromatic carbocycles. The predicted octanol–water partition coefficient (Wildman–Crippen LogP) is 0.968. The minimum absolute atomic E-state index is 0.158.